The number of alkyl halides is 1. The molecule has 1 N–H and O–H groups in total. The van der Waals surface area contributed by atoms with Gasteiger partial charge >= 0.3 is 0 Å². The maximum Gasteiger partial charge on any atom is 0.202 e. The zero-order valence-corrected chi connectivity index (χ0v) is 8.17. The molecule has 1 unspecified atom stereocenters. The molecule has 0 amide bonds. The molecule has 0 fully saturated rings. The van der Waals surface area contributed by atoms with Crippen molar-refractivity contribution < 1.29 is 0 Å². The topological polar surface area (TPSA) is 29.9 Å². The standard InChI is InChI=1S/C8H14ClN3/c1-7(5-9)6-11-8-10-3-4-12(8)2/h3-4,7H,5-6H2,1-2H3,(H,10,11). The maximum atomic E-state index is 5.66. The van der Waals surface area contributed by atoms with Crippen molar-refractivity contribution in [2.24, 2.45) is 13.0 Å². The number of aryl methyl sites for hydroxylation is 1. The van der Waals surface area contributed by atoms with Crippen LogP contribution in [-0.2, 0) is 7.05 Å². The van der Waals surface area contributed by atoms with E-state index < -0.39 is 0 Å². The molecular formula is C8H14ClN3. The Balaban J connectivity index is 2.38. The Bertz CT molecular complexity index is 234. The van der Waals surface area contributed by atoms with E-state index in [4.69, 9.17) is 11.6 Å². The zero-order valence-electron chi connectivity index (χ0n) is 7.42. The molecule has 1 aromatic heterocycles. The first-order valence-corrected chi connectivity index (χ1v) is 4.54. The molecule has 4 heteroatoms. The minimum Gasteiger partial charge on any atom is -0.355 e. The van der Waals surface area contributed by atoms with Crippen LogP contribution in [0.25, 0.3) is 0 Å². The number of anilines is 1. The molecule has 1 rings (SSSR count). The summed E-state index contributed by atoms with van der Waals surface area (Å²) in [4.78, 5) is 4.13. The molecule has 0 aromatic carbocycles. The van der Waals surface area contributed by atoms with Gasteiger partial charge in [-0.3, -0.25) is 0 Å². The molecule has 0 aliphatic heterocycles. The first-order valence-electron chi connectivity index (χ1n) is 4.01. The lowest BCUT2D eigenvalue weighted by atomic mass is 10.2. The number of rotatable bonds is 4. The molecule has 0 saturated heterocycles. The highest BCUT2D eigenvalue weighted by atomic mass is 35.5. The van der Waals surface area contributed by atoms with E-state index in [1.54, 1.807) is 6.20 Å². The summed E-state index contributed by atoms with van der Waals surface area (Å²) in [5, 5.41) is 3.21. The lowest BCUT2D eigenvalue weighted by Gasteiger charge is -2.09. The van der Waals surface area contributed by atoms with E-state index >= 15 is 0 Å². The first-order chi connectivity index (χ1) is 5.74. The number of nitrogens with one attached hydrogen (secondary N) is 1. The van der Waals surface area contributed by atoms with Gasteiger partial charge in [0.05, 0.1) is 0 Å². The fraction of sp³-hybridized carbons (Fsp3) is 0.625. The van der Waals surface area contributed by atoms with Crippen molar-refractivity contribution in [3.05, 3.63) is 12.4 Å². The number of aromatic nitrogens is 2. The quantitative estimate of drug-likeness (QED) is 0.728. The molecule has 1 aromatic rings. The molecule has 0 aliphatic rings. The van der Waals surface area contributed by atoms with Crippen LogP contribution in [0, 0.1) is 5.92 Å². The highest BCUT2D eigenvalue weighted by Crippen LogP contribution is 2.03. The van der Waals surface area contributed by atoms with Crippen LogP contribution in [0.5, 0.6) is 0 Å². The van der Waals surface area contributed by atoms with Crippen LogP contribution in [0.15, 0.2) is 12.4 Å². The molecule has 1 atom stereocenters. The number of imidazole rings is 1. The van der Waals surface area contributed by atoms with Gasteiger partial charge in [0, 0.05) is 31.9 Å². The van der Waals surface area contributed by atoms with Crippen LogP contribution >= 0.6 is 11.6 Å². The van der Waals surface area contributed by atoms with Crippen molar-refractivity contribution in [1.82, 2.24) is 9.55 Å². The van der Waals surface area contributed by atoms with E-state index in [0.29, 0.717) is 11.8 Å². The third-order valence-electron chi connectivity index (χ3n) is 1.69. The Morgan fingerprint density at radius 2 is 2.50 bits per heavy atom. The average molecular weight is 188 g/mol. The molecule has 1 heterocycles. The predicted molar refractivity (Wildman–Crippen MR) is 51.6 cm³/mol. The SMILES string of the molecule is CC(CCl)CNc1nccn1C. The normalized spacial score (nSPS) is 12.9. The van der Waals surface area contributed by atoms with Gasteiger partial charge < -0.3 is 9.88 Å². The smallest absolute Gasteiger partial charge is 0.202 e. The average Bonchev–Trinajstić information content (AvgIpc) is 2.47. The van der Waals surface area contributed by atoms with Gasteiger partial charge in [-0.2, -0.15) is 0 Å². The molecular weight excluding hydrogens is 174 g/mol. The summed E-state index contributed by atoms with van der Waals surface area (Å²) in [6.45, 7) is 2.97. The van der Waals surface area contributed by atoms with Crippen LogP contribution < -0.4 is 5.32 Å². The van der Waals surface area contributed by atoms with Gasteiger partial charge in [-0.1, -0.05) is 6.92 Å². The van der Waals surface area contributed by atoms with Gasteiger partial charge in [-0.15, -0.1) is 11.6 Å². The van der Waals surface area contributed by atoms with E-state index in [-0.39, 0.29) is 0 Å². The second-order valence-corrected chi connectivity index (χ2v) is 3.31. The van der Waals surface area contributed by atoms with Gasteiger partial charge in [0.15, 0.2) is 0 Å². The molecule has 12 heavy (non-hydrogen) atoms. The highest BCUT2D eigenvalue weighted by molar-refractivity contribution is 6.18. The Labute approximate surface area is 77.7 Å². The monoisotopic (exact) mass is 187 g/mol. The molecule has 0 radical (unpaired) electrons. The second-order valence-electron chi connectivity index (χ2n) is 3.00. The molecule has 0 spiro atoms. The minimum atomic E-state index is 0.475. The summed E-state index contributed by atoms with van der Waals surface area (Å²) in [5.74, 6) is 2.05. The molecule has 3 nitrogen and oxygen atoms in total. The van der Waals surface area contributed by atoms with Crippen LogP contribution in [0.4, 0.5) is 5.95 Å². The van der Waals surface area contributed by atoms with E-state index in [1.165, 1.54) is 0 Å². The van der Waals surface area contributed by atoms with Gasteiger partial charge in [-0.05, 0) is 5.92 Å². The summed E-state index contributed by atoms with van der Waals surface area (Å²) in [5.41, 5.74) is 0. The number of nitrogens with zero attached hydrogens (tertiary/aromatic N) is 2. The lowest BCUT2D eigenvalue weighted by molar-refractivity contribution is 0.688. The van der Waals surface area contributed by atoms with Gasteiger partial charge in [0.25, 0.3) is 0 Å². The van der Waals surface area contributed by atoms with E-state index in [1.807, 2.05) is 17.8 Å². The van der Waals surface area contributed by atoms with Crippen LogP contribution in [0.2, 0.25) is 0 Å². The summed E-state index contributed by atoms with van der Waals surface area (Å²) in [7, 11) is 1.96. The Morgan fingerprint density at radius 3 is 3.00 bits per heavy atom. The summed E-state index contributed by atoms with van der Waals surface area (Å²) < 4.78 is 1.95. The van der Waals surface area contributed by atoms with Crippen molar-refractivity contribution in [2.45, 2.75) is 6.92 Å². The summed E-state index contributed by atoms with van der Waals surface area (Å²) in [6, 6.07) is 0. The Hall–Kier alpha value is -0.700. The first kappa shape index (κ1) is 9.39. The maximum absolute atomic E-state index is 5.66. The molecule has 0 bridgehead atoms. The molecule has 68 valence electrons. The van der Waals surface area contributed by atoms with Gasteiger partial charge in [0.1, 0.15) is 0 Å². The summed E-state index contributed by atoms with van der Waals surface area (Å²) in [6.07, 6.45) is 3.68. The van der Waals surface area contributed by atoms with E-state index in [2.05, 4.69) is 17.2 Å². The third kappa shape index (κ3) is 2.41. The van der Waals surface area contributed by atoms with Crippen LogP contribution in [0.3, 0.4) is 0 Å². The number of hydrogen-bond donors (Lipinski definition) is 1. The second kappa shape index (κ2) is 4.36. The van der Waals surface area contributed by atoms with Gasteiger partial charge in [-0.25, -0.2) is 4.98 Å². The van der Waals surface area contributed by atoms with Crippen LogP contribution in [0.1, 0.15) is 6.92 Å². The van der Waals surface area contributed by atoms with E-state index in [0.717, 1.165) is 12.5 Å². The number of halogens is 1. The van der Waals surface area contributed by atoms with Crippen molar-refractivity contribution in [3.8, 4) is 0 Å². The highest BCUT2D eigenvalue weighted by Gasteiger charge is 2.01. The molecule has 0 saturated carbocycles. The predicted octanol–water partition coefficient (Wildman–Crippen LogP) is 1.71. The lowest BCUT2D eigenvalue weighted by Crippen LogP contribution is -2.14. The fourth-order valence-corrected chi connectivity index (χ4v) is 0.965. The third-order valence-corrected chi connectivity index (χ3v) is 2.22. The van der Waals surface area contributed by atoms with Crippen molar-refractivity contribution >= 4 is 17.5 Å². The van der Waals surface area contributed by atoms with Crippen molar-refractivity contribution in [3.63, 3.8) is 0 Å². The minimum absolute atomic E-state index is 0.475. The molecule has 0 aliphatic carbocycles. The van der Waals surface area contributed by atoms with Crippen LogP contribution in [-0.4, -0.2) is 22.0 Å². The van der Waals surface area contributed by atoms with E-state index in [9.17, 15) is 0 Å². The van der Waals surface area contributed by atoms with Crippen molar-refractivity contribution in [2.75, 3.05) is 17.7 Å². The van der Waals surface area contributed by atoms with Crippen molar-refractivity contribution in [1.29, 1.82) is 0 Å². The summed E-state index contributed by atoms with van der Waals surface area (Å²) >= 11 is 5.66. The Kier molecular flexibility index (Phi) is 3.41. The largest absolute Gasteiger partial charge is 0.355 e. The Morgan fingerprint density at radius 1 is 1.75 bits per heavy atom. The fourth-order valence-electron chi connectivity index (χ4n) is 0.856. The number of hydrogen-bond acceptors (Lipinski definition) is 2. The zero-order chi connectivity index (χ0) is 8.97. The van der Waals surface area contributed by atoms with Gasteiger partial charge in [0.2, 0.25) is 5.95 Å².